The normalized spacial score (nSPS) is 14.8. The molecule has 2 heterocycles. The molecule has 1 aliphatic heterocycles. The highest BCUT2D eigenvalue weighted by Gasteiger charge is 2.22. The molecule has 0 aliphatic carbocycles. The zero-order chi connectivity index (χ0) is 22.3. The minimum Gasteiger partial charge on any atom is -0.494 e. The fourth-order valence-corrected chi connectivity index (χ4v) is 4.02. The van der Waals surface area contributed by atoms with Crippen molar-refractivity contribution in [1.82, 2.24) is 15.2 Å². The molecule has 32 heavy (non-hydrogen) atoms. The second-order valence-electron chi connectivity index (χ2n) is 8.01. The van der Waals surface area contributed by atoms with E-state index in [1.807, 2.05) is 25.1 Å². The average Bonchev–Trinajstić information content (AvgIpc) is 2.82. The van der Waals surface area contributed by atoms with Gasteiger partial charge in [0, 0.05) is 43.0 Å². The maximum absolute atomic E-state index is 13.4. The van der Waals surface area contributed by atoms with Gasteiger partial charge in [-0.25, -0.2) is 4.39 Å². The number of benzene rings is 2. The highest BCUT2D eigenvalue weighted by atomic mass is 19.1. The van der Waals surface area contributed by atoms with Gasteiger partial charge in [0.15, 0.2) is 0 Å². The van der Waals surface area contributed by atoms with E-state index in [0.717, 1.165) is 38.2 Å². The molecule has 166 valence electrons. The number of para-hydroxylation sites is 1. The molecule has 2 aromatic carbocycles. The van der Waals surface area contributed by atoms with Crippen molar-refractivity contribution < 1.29 is 13.9 Å². The number of hydrogen-bond donors (Lipinski definition) is 1. The van der Waals surface area contributed by atoms with Crippen molar-refractivity contribution in [2.75, 3.05) is 19.7 Å². The number of nitrogens with one attached hydrogen (secondary N) is 1. The van der Waals surface area contributed by atoms with Crippen LogP contribution in [0.25, 0.3) is 11.3 Å². The number of amides is 1. The number of rotatable bonds is 7. The minimum absolute atomic E-state index is 0.122. The van der Waals surface area contributed by atoms with Gasteiger partial charge in [0.1, 0.15) is 11.6 Å². The maximum atomic E-state index is 13.4. The molecule has 1 fully saturated rings. The quantitative estimate of drug-likeness (QED) is 0.588. The number of aromatic nitrogens is 1. The van der Waals surface area contributed by atoms with Crippen LogP contribution in [0.4, 0.5) is 4.39 Å². The smallest absolute Gasteiger partial charge is 0.253 e. The molecule has 6 heteroatoms. The van der Waals surface area contributed by atoms with Crippen LogP contribution in [-0.4, -0.2) is 41.5 Å². The monoisotopic (exact) mass is 433 g/mol. The number of ether oxygens (including phenoxy) is 1. The Morgan fingerprint density at radius 1 is 1.12 bits per heavy atom. The summed E-state index contributed by atoms with van der Waals surface area (Å²) in [6.07, 6.45) is 3.35. The summed E-state index contributed by atoms with van der Waals surface area (Å²) in [5, 5.41) is 3.13. The van der Waals surface area contributed by atoms with Crippen molar-refractivity contribution in [3.63, 3.8) is 0 Å². The highest BCUT2D eigenvalue weighted by molar-refractivity contribution is 5.94. The van der Waals surface area contributed by atoms with Gasteiger partial charge in [-0.05, 0) is 50.1 Å². The lowest BCUT2D eigenvalue weighted by molar-refractivity contribution is 0.0908. The third kappa shape index (κ3) is 5.51. The van der Waals surface area contributed by atoms with Crippen molar-refractivity contribution in [1.29, 1.82) is 0 Å². The molecule has 1 aromatic heterocycles. The number of pyridine rings is 1. The molecule has 1 aliphatic rings. The summed E-state index contributed by atoms with van der Waals surface area (Å²) >= 11 is 0. The molecule has 0 spiro atoms. The predicted molar refractivity (Wildman–Crippen MR) is 123 cm³/mol. The van der Waals surface area contributed by atoms with Crippen LogP contribution in [0.3, 0.4) is 0 Å². The number of piperidine rings is 1. The first-order chi connectivity index (χ1) is 15.6. The summed E-state index contributed by atoms with van der Waals surface area (Å²) in [6.45, 7) is 5.34. The molecule has 0 bridgehead atoms. The van der Waals surface area contributed by atoms with E-state index in [-0.39, 0.29) is 17.8 Å². The van der Waals surface area contributed by atoms with Gasteiger partial charge in [0.25, 0.3) is 5.91 Å². The van der Waals surface area contributed by atoms with Crippen molar-refractivity contribution in [3.8, 4) is 17.0 Å². The molecule has 0 radical (unpaired) electrons. The Bertz CT molecular complexity index is 1050. The van der Waals surface area contributed by atoms with Crippen LogP contribution in [0.1, 0.15) is 35.7 Å². The summed E-state index contributed by atoms with van der Waals surface area (Å²) < 4.78 is 19.2. The molecule has 0 saturated carbocycles. The molecule has 5 nitrogen and oxygen atoms in total. The topological polar surface area (TPSA) is 54.5 Å². The first kappa shape index (κ1) is 22.0. The summed E-state index contributed by atoms with van der Waals surface area (Å²) in [6, 6.07) is 18.1. The van der Waals surface area contributed by atoms with Crippen LogP contribution in [-0.2, 0) is 6.54 Å². The fourth-order valence-electron chi connectivity index (χ4n) is 4.02. The summed E-state index contributed by atoms with van der Waals surface area (Å²) in [4.78, 5) is 19.4. The molecule has 1 N–H and O–H groups in total. The first-order valence-electron chi connectivity index (χ1n) is 11.1. The molecule has 1 saturated heterocycles. The zero-order valence-electron chi connectivity index (χ0n) is 18.3. The van der Waals surface area contributed by atoms with E-state index in [2.05, 4.69) is 21.3 Å². The van der Waals surface area contributed by atoms with E-state index >= 15 is 0 Å². The van der Waals surface area contributed by atoms with E-state index in [9.17, 15) is 9.18 Å². The zero-order valence-corrected chi connectivity index (χ0v) is 18.3. The Hall–Kier alpha value is -3.25. The Morgan fingerprint density at radius 2 is 1.94 bits per heavy atom. The second-order valence-corrected chi connectivity index (χ2v) is 8.01. The standard InChI is InChI=1S/C26H28FN3O2/c1-2-32-25-9-4-3-6-21(25)18-30-14-12-23(13-15-30)29-26(31)20-10-11-24(28-17-20)19-7-5-8-22(27)16-19/h3-11,16-17,23H,2,12-15,18H2,1H3,(H,29,31). The molecule has 1 amide bonds. The van der Waals surface area contributed by atoms with E-state index in [4.69, 9.17) is 4.74 Å². The van der Waals surface area contributed by atoms with Gasteiger partial charge in [-0.15, -0.1) is 0 Å². The number of nitrogens with zero attached hydrogens (tertiary/aromatic N) is 2. The van der Waals surface area contributed by atoms with Gasteiger partial charge in [-0.3, -0.25) is 14.7 Å². The van der Waals surface area contributed by atoms with Crippen LogP contribution in [0.15, 0.2) is 66.9 Å². The second kappa shape index (κ2) is 10.4. The number of halogens is 1. The third-order valence-corrected chi connectivity index (χ3v) is 5.74. The molecular formula is C26H28FN3O2. The van der Waals surface area contributed by atoms with E-state index in [1.165, 1.54) is 17.7 Å². The number of likely N-dealkylation sites (tertiary alicyclic amines) is 1. The predicted octanol–water partition coefficient (Wildman–Crippen LogP) is 4.68. The lowest BCUT2D eigenvalue weighted by Gasteiger charge is -2.32. The molecule has 4 rings (SSSR count). The lowest BCUT2D eigenvalue weighted by atomic mass is 10.0. The van der Waals surface area contributed by atoms with Gasteiger partial charge < -0.3 is 10.1 Å². The highest BCUT2D eigenvalue weighted by Crippen LogP contribution is 2.22. The van der Waals surface area contributed by atoms with Crippen LogP contribution >= 0.6 is 0 Å². The van der Waals surface area contributed by atoms with Gasteiger partial charge in [-0.1, -0.05) is 30.3 Å². The van der Waals surface area contributed by atoms with E-state index < -0.39 is 0 Å². The van der Waals surface area contributed by atoms with Crippen LogP contribution in [0.2, 0.25) is 0 Å². The van der Waals surface area contributed by atoms with Gasteiger partial charge >= 0.3 is 0 Å². The van der Waals surface area contributed by atoms with Crippen molar-refractivity contribution in [2.45, 2.75) is 32.4 Å². The van der Waals surface area contributed by atoms with Gasteiger partial charge in [0.2, 0.25) is 0 Å². The SMILES string of the molecule is CCOc1ccccc1CN1CCC(NC(=O)c2ccc(-c3cccc(F)c3)nc2)CC1. The van der Waals surface area contributed by atoms with Gasteiger partial charge in [0.05, 0.1) is 17.9 Å². The van der Waals surface area contributed by atoms with E-state index in [1.54, 1.807) is 30.5 Å². The number of carbonyl (C=O) groups excluding carboxylic acids is 1. The summed E-state index contributed by atoms with van der Waals surface area (Å²) in [5.74, 6) is 0.516. The molecule has 0 atom stereocenters. The Morgan fingerprint density at radius 3 is 2.66 bits per heavy atom. The minimum atomic E-state index is -0.307. The molecule has 3 aromatic rings. The van der Waals surface area contributed by atoms with Crippen molar-refractivity contribution >= 4 is 5.91 Å². The Kier molecular flexibility index (Phi) is 7.12. The number of carbonyl (C=O) groups is 1. The van der Waals surface area contributed by atoms with Crippen LogP contribution in [0, 0.1) is 5.82 Å². The average molecular weight is 434 g/mol. The van der Waals surface area contributed by atoms with Crippen LogP contribution < -0.4 is 10.1 Å². The van der Waals surface area contributed by atoms with Gasteiger partial charge in [-0.2, -0.15) is 0 Å². The number of hydrogen-bond acceptors (Lipinski definition) is 4. The maximum Gasteiger partial charge on any atom is 0.253 e. The van der Waals surface area contributed by atoms with Crippen LogP contribution in [0.5, 0.6) is 5.75 Å². The summed E-state index contributed by atoms with van der Waals surface area (Å²) in [5.41, 5.74) is 3.04. The molecule has 0 unspecified atom stereocenters. The Labute approximate surface area is 188 Å². The van der Waals surface area contributed by atoms with E-state index in [0.29, 0.717) is 23.4 Å². The Balaban J connectivity index is 1.29. The third-order valence-electron chi connectivity index (χ3n) is 5.74. The lowest BCUT2D eigenvalue weighted by Crippen LogP contribution is -2.44. The molecular weight excluding hydrogens is 405 g/mol. The van der Waals surface area contributed by atoms with Crippen molar-refractivity contribution in [3.05, 3.63) is 83.8 Å². The summed E-state index contributed by atoms with van der Waals surface area (Å²) in [7, 11) is 0. The fraction of sp³-hybridized carbons (Fsp3) is 0.308. The first-order valence-corrected chi connectivity index (χ1v) is 11.1. The largest absolute Gasteiger partial charge is 0.494 e. The van der Waals surface area contributed by atoms with Crippen molar-refractivity contribution in [2.24, 2.45) is 0 Å².